The number of guanidine groups is 1. The number of hydrogen-bond donors (Lipinski definition) is 15. The van der Waals surface area contributed by atoms with Gasteiger partial charge in [0.1, 0.15) is 60.4 Å². The van der Waals surface area contributed by atoms with E-state index in [2.05, 4.69) is 63.1 Å². The molecular weight excluding hydrogens is 1300 g/mol. The number of amides is 12. The molecule has 7 rings (SSSR count). The van der Waals surface area contributed by atoms with E-state index in [-0.39, 0.29) is 95.7 Å². The molecule has 99 heavy (non-hydrogen) atoms. The standard InChI is InChI=1S/C69H91ClN16O13/c1-38(2)31-52-62(93)81-51(68(99)86-30-12-19-57(86)67(98)77-39(3)59(71)90)17-9-10-28-74-58(89)27-26-50(61(92)79-49(60(91)82-52)18-11-29-75-69(72)73)80-66(97)56(37-87)85-65(96)55(35-45-36-76-48-16-8-7-15-47(45)48)84-64(95)54(33-41-21-24-46(70)25-22-41)83-63(94)53(78-40(4)88)34-42-20-23-43-13-5-6-14-44(43)32-42/h5-8,13-16,20-25,32,36,38-39,49-57,76,87H,9-12,17-19,26-31,33-35,37H2,1-4H3,(H2,71,90)(H,74,89)(H,77,98)(H,78,88)(H,79,92)(H,80,97)(H,81,93)(H,82,91)(H,83,94)(H,84,95)(H,85,96)(H4,72,73,75)/t39-,49-,50+,51+,52+,53-,54-,55-,56+,57+/m1/s1. The Labute approximate surface area is 578 Å². The van der Waals surface area contributed by atoms with Crippen LogP contribution in [0.1, 0.15) is 109 Å². The summed E-state index contributed by atoms with van der Waals surface area (Å²) in [7, 11) is 0. The minimum Gasteiger partial charge on any atom is -0.394 e. The van der Waals surface area contributed by atoms with Crippen molar-refractivity contribution in [2.45, 2.75) is 172 Å². The van der Waals surface area contributed by atoms with Gasteiger partial charge in [0.15, 0.2) is 5.96 Å². The van der Waals surface area contributed by atoms with Gasteiger partial charge in [0.05, 0.1) is 6.61 Å². The molecule has 29 nitrogen and oxygen atoms in total. The molecule has 5 aromatic rings. The number of primary amides is 1. The molecule has 0 saturated carbocycles. The van der Waals surface area contributed by atoms with E-state index in [0.717, 1.165) is 10.8 Å². The summed E-state index contributed by atoms with van der Waals surface area (Å²) in [6.45, 7) is 5.42. The fourth-order valence-electron chi connectivity index (χ4n) is 11.9. The number of carbonyl (C=O) groups excluding carboxylic acids is 12. The Bertz CT molecular complexity index is 3750. The molecule has 1 aromatic heterocycles. The largest absolute Gasteiger partial charge is 0.394 e. The van der Waals surface area contributed by atoms with Crippen LogP contribution < -0.4 is 70.4 Å². The van der Waals surface area contributed by atoms with Gasteiger partial charge in [-0.05, 0) is 116 Å². The summed E-state index contributed by atoms with van der Waals surface area (Å²) in [4.78, 5) is 177. The van der Waals surface area contributed by atoms with E-state index >= 15 is 0 Å². The lowest BCUT2D eigenvalue weighted by Crippen LogP contribution is -2.61. The summed E-state index contributed by atoms with van der Waals surface area (Å²) >= 11 is 6.25. The molecule has 12 amide bonds. The Kier molecular flexibility index (Phi) is 28.5. The maximum absolute atomic E-state index is 14.9. The number of nitrogens with two attached hydrogens (primary N) is 3. The van der Waals surface area contributed by atoms with Crippen molar-refractivity contribution in [3.63, 3.8) is 0 Å². The molecule has 0 spiro atoms. The molecule has 3 heterocycles. The third-order valence-corrected chi connectivity index (χ3v) is 17.4. The fourth-order valence-corrected chi connectivity index (χ4v) is 12.0. The molecule has 18 N–H and O–H groups in total. The number of H-pyrrole nitrogens is 1. The van der Waals surface area contributed by atoms with Gasteiger partial charge in [0, 0.05) is 74.4 Å². The highest BCUT2D eigenvalue weighted by Crippen LogP contribution is 2.24. The topological polar surface area (TPSA) is 455 Å². The van der Waals surface area contributed by atoms with Crippen LogP contribution in [0.15, 0.2) is 102 Å². The summed E-state index contributed by atoms with van der Waals surface area (Å²) in [5.41, 5.74) is 19.1. The summed E-state index contributed by atoms with van der Waals surface area (Å²) in [5, 5.41) is 40.7. The smallest absolute Gasteiger partial charge is 0.245 e. The average Bonchev–Trinajstić information content (AvgIpc) is 1.82. The zero-order chi connectivity index (χ0) is 71.9. The van der Waals surface area contributed by atoms with E-state index in [4.69, 9.17) is 28.8 Å². The SMILES string of the molecule is CC(=O)N[C@H](Cc1ccc2ccccc2c1)C(=O)N[C@H](Cc1ccc(Cl)cc1)C(=O)N[C@H](Cc1c[nH]c2ccccc12)C(=O)N[C@@H](CO)C(=O)N[C@H]1CCC(=O)NCCCC[C@@H](C(=O)N2CCC[C@H]2C(=O)N[C@H](C)C(N)=O)NC(=O)[C@H](CC(C)C)NC(=O)[C@@H](CCCN=C(N)N)NC1=O. The second kappa shape index (κ2) is 37.0. The third kappa shape index (κ3) is 23.0. The number of aliphatic imine (C=N–C) groups is 1. The Balaban J connectivity index is 1.14. The van der Waals surface area contributed by atoms with Gasteiger partial charge < -0.3 is 85.4 Å². The first-order chi connectivity index (χ1) is 47.3. The highest BCUT2D eigenvalue weighted by molar-refractivity contribution is 6.30. The summed E-state index contributed by atoms with van der Waals surface area (Å²) < 4.78 is 0. The average molecular weight is 1390 g/mol. The van der Waals surface area contributed by atoms with Gasteiger partial charge in [-0.1, -0.05) is 98.2 Å². The van der Waals surface area contributed by atoms with Crippen molar-refractivity contribution < 1.29 is 62.6 Å². The number of halogens is 1. The number of hydrogen-bond acceptors (Lipinski definition) is 14. The Morgan fingerprint density at radius 2 is 1.29 bits per heavy atom. The van der Waals surface area contributed by atoms with E-state index in [1.165, 1.54) is 18.7 Å². The van der Waals surface area contributed by atoms with Crippen LogP contribution in [-0.4, -0.2) is 178 Å². The van der Waals surface area contributed by atoms with Crippen molar-refractivity contribution in [3.8, 4) is 0 Å². The monoisotopic (exact) mass is 1390 g/mol. The van der Waals surface area contributed by atoms with Crippen LogP contribution in [0.3, 0.4) is 0 Å². The number of benzene rings is 4. The zero-order valence-corrected chi connectivity index (χ0v) is 56.7. The molecule has 0 bridgehead atoms. The van der Waals surface area contributed by atoms with Gasteiger partial charge in [-0.15, -0.1) is 0 Å². The second-order valence-electron chi connectivity index (χ2n) is 25.4. The van der Waals surface area contributed by atoms with Gasteiger partial charge >= 0.3 is 0 Å². The predicted octanol–water partition coefficient (Wildman–Crippen LogP) is 0.0540. The number of aromatic nitrogens is 1. The number of likely N-dealkylation sites (tertiary alicyclic amines) is 1. The van der Waals surface area contributed by atoms with Crippen molar-refractivity contribution in [1.29, 1.82) is 0 Å². The van der Waals surface area contributed by atoms with E-state index in [1.54, 1.807) is 68.6 Å². The molecular formula is C69H91ClN16O13. The second-order valence-corrected chi connectivity index (χ2v) is 25.9. The van der Waals surface area contributed by atoms with E-state index in [9.17, 15) is 62.6 Å². The Hall–Kier alpha value is -10.2. The summed E-state index contributed by atoms with van der Waals surface area (Å²) in [6, 6.07) is 13.3. The van der Waals surface area contributed by atoms with Crippen molar-refractivity contribution in [3.05, 3.63) is 119 Å². The van der Waals surface area contributed by atoms with Gasteiger partial charge in [-0.2, -0.15) is 0 Å². The molecule has 2 saturated heterocycles. The number of nitrogens with zero attached hydrogens (tertiary/aromatic N) is 2. The van der Waals surface area contributed by atoms with Crippen LogP contribution in [0.25, 0.3) is 21.7 Å². The normalized spacial score (nSPS) is 19.6. The zero-order valence-electron chi connectivity index (χ0n) is 56.0. The van der Waals surface area contributed by atoms with Crippen LogP contribution in [0.2, 0.25) is 5.02 Å². The lowest BCUT2D eigenvalue weighted by atomic mass is 9.99. The number of aliphatic hydroxyl groups is 1. The molecule has 30 heteroatoms. The first-order valence-corrected chi connectivity index (χ1v) is 33.6. The van der Waals surface area contributed by atoms with Crippen LogP contribution in [0, 0.1) is 5.92 Å². The number of nitrogens with one attached hydrogen (secondary N) is 11. The summed E-state index contributed by atoms with van der Waals surface area (Å²) in [5.74, 6) is -9.85. The molecule has 10 atom stereocenters. The van der Waals surface area contributed by atoms with Crippen molar-refractivity contribution in [2.75, 3.05) is 26.2 Å². The highest BCUT2D eigenvalue weighted by atomic mass is 35.5. The fraction of sp³-hybridized carbons (Fsp3) is 0.464. The van der Waals surface area contributed by atoms with Crippen molar-refractivity contribution in [1.82, 2.24) is 63.1 Å². The Morgan fingerprint density at radius 3 is 1.97 bits per heavy atom. The molecule has 532 valence electrons. The molecule has 0 aliphatic carbocycles. The number of aliphatic hydroxyl groups excluding tert-OH is 1. The minimum absolute atomic E-state index is 0.0118. The lowest BCUT2D eigenvalue weighted by Gasteiger charge is -2.31. The predicted molar refractivity (Wildman–Crippen MR) is 370 cm³/mol. The number of rotatable bonds is 26. The van der Waals surface area contributed by atoms with Gasteiger partial charge in [-0.25, -0.2) is 0 Å². The van der Waals surface area contributed by atoms with Gasteiger partial charge in [-0.3, -0.25) is 62.5 Å². The quantitative estimate of drug-likeness (QED) is 0.0198. The lowest BCUT2D eigenvalue weighted by molar-refractivity contribution is -0.142. The number of fused-ring (bicyclic) bond motifs is 2. The van der Waals surface area contributed by atoms with Crippen LogP contribution >= 0.6 is 11.6 Å². The van der Waals surface area contributed by atoms with Crippen molar-refractivity contribution in [2.24, 2.45) is 28.1 Å². The molecule has 0 radical (unpaired) electrons. The van der Waals surface area contributed by atoms with Gasteiger partial charge in [0.2, 0.25) is 70.9 Å². The maximum atomic E-state index is 14.9. The van der Waals surface area contributed by atoms with Crippen LogP contribution in [-0.2, 0) is 76.8 Å². The summed E-state index contributed by atoms with van der Waals surface area (Å²) in [6.07, 6.45) is 1.81. The van der Waals surface area contributed by atoms with E-state index < -0.39 is 151 Å². The van der Waals surface area contributed by atoms with Crippen LogP contribution in [0.4, 0.5) is 0 Å². The Morgan fingerprint density at radius 1 is 0.667 bits per heavy atom. The number of para-hydroxylation sites is 1. The maximum Gasteiger partial charge on any atom is 0.245 e. The number of carbonyl (C=O) groups is 12. The highest BCUT2D eigenvalue weighted by Gasteiger charge is 2.40. The molecule has 2 fully saturated rings. The van der Waals surface area contributed by atoms with E-state index in [0.29, 0.717) is 39.0 Å². The third-order valence-electron chi connectivity index (χ3n) is 17.2. The molecule has 2 aliphatic rings. The van der Waals surface area contributed by atoms with Gasteiger partial charge in [0.25, 0.3) is 0 Å². The number of aromatic amines is 1. The minimum atomic E-state index is -1.84. The van der Waals surface area contributed by atoms with Crippen molar-refractivity contribution >= 4 is 110 Å². The van der Waals surface area contributed by atoms with Crippen LogP contribution in [0.5, 0.6) is 0 Å². The first-order valence-electron chi connectivity index (χ1n) is 33.3. The first kappa shape index (κ1) is 76.2. The molecule has 4 aromatic carbocycles. The molecule has 2 aliphatic heterocycles. The van der Waals surface area contributed by atoms with E-state index in [1.807, 2.05) is 42.5 Å². The molecule has 0 unspecified atom stereocenters.